The largest absolute Gasteiger partial charge is 0.393 e. The number of hydrogen-bond donors (Lipinski definition) is 1. The summed E-state index contributed by atoms with van der Waals surface area (Å²) in [5, 5.41) is 11.2. The van der Waals surface area contributed by atoms with Gasteiger partial charge < -0.3 is 5.11 Å². The Kier molecular flexibility index (Phi) is 4.67. The van der Waals surface area contributed by atoms with Crippen molar-refractivity contribution in [3.8, 4) is 0 Å². The van der Waals surface area contributed by atoms with Crippen molar-refractivity contribution in [1.82, 2.24) is 0 Å². The molecule has 3 nitrogen and oxygen atoms in total. The lowest BCUT2D eigenvalue weighted by Crippen LogP contribution is -2.55. The third-order valence-electron chi connectivity index (χ3n) is 8.48. The molecule has 0 aliphatic heterocycles. The third kappa shape index (κ3) is 2.66. The van der Waals surface area contributed by atoms with E-state index in [4.69, 9.17) is 0 Å². The minimum absolute atomic E-state index is 0.0112. The summed E-state index contributed by atoms with van der Waals surface area (Å²) in [7, 11) is 0. The van der Waals surface area contributed by atoms with Crippen molar-refractivity contribution < 1.29 is 14.7 Å². The maximum atomic E-state index is 12.3. The second-order valence-corrected chi connectivity index (χ2v) is 10.9. The molecule has 0 unspecified atom stereocenters. The van der Waals surface area contributed by atoms with Gasteiger partial charge in [-0.2, -0.15) is 0 Å². The van der Waals surface area contributed by atoms with Gasteiger partial charge in [0.05, 0.1) is 6.10 Å². The average Bonchev–Trinajstić information content (AvgIpc) is 2.91. The van der Waals surface area contributed by atoms with Gasteiger partial charge in [0.15, 0.2) is 10.9 Å². The lowest BCUT2D eigenvalue weighted by molar-refractivity contribution is -0.117. The molecule has 0 aromatic rings. The SMILES string of the molecule is CCC(=O)S[C@H]1CC2=CC(=O)CC[C@]2(C)[C@H]2CC[C@]3(C)[C@@H](O)CC[C@H]3[C@H]12. The van der Waals surface area contributed by atoms with Crippen LogP contribution < -0.4 is 0 Å². The van der Waals surface area contributed by atoms with Gasteiger partial charge in [0.1, 0.15) is 0 Å². The highest BCUT2D eigenvalue weighted by atomic mass is 32.2. The molecule has 0 bridgehead atoms. The standard InChI is InChI=1S/C22H32O3S/c1-4-19(25)26-17-12-13-11-14(23)7-9-21(13,2)16-8-10-22(3)15(20(16)17)5-6-18(22)24/h11,15-18,20,24H,4-10,12H2,1-3H3/t15-,16-,17-,18-,20-,21-,22-/m0/s1. The number of fused-ring (bicyclic) bond motifs is 5. The molecular formula is C22H32O3S. The highest BCUT2D eigenvalue weighted by Crippen LogP contribution is 2.66. The Bertz CT molecular complexity index is 656. The van der Waals surface area contributed by atoms with Crippen LogP contribution >= 0.6 is 11.8 Å². The summed E-state index contributed by atoms with van der Waals surface area (Å²) in [4.78, 5) is 24.4. The Labute approximate surface area is 161 Å². The van der Waals surface area contributed by atoms with Gasteiger partial charge >= 0.3 is 0 Å². The molecule has 0 heterocycles. The second kappa shape index (κ2) is 6.48. The predicted octanol–water partition coefficient (Wildman–Crippen LogP) is 4.53. The van der Waals surface area contributed by atoms with E-state index in [9.17, 15) is 14.7 Å². The first-order valence-corrected chi connectivity index (χ1v) is 11.3. The Morgan fingerprint density at radius 1 is 1.23 bits per heavy atom. The maximum absolute atomic E-state index is 12.3. The van der Waals surface area contributed by atoms with Crippen molar-refractivity contribution in [2.45, 2.75) is 83.5 Å². The first kappa shape index (κ1) is 18.7. The highest BCUT2D eigenvalue weighted by molar-refractivity contribution is 8.14. The number of ketones is 1. The summed E-state index contributed by atoms with van der Waals surface area (Å²) in [6, 6.07) is 0. The zero-order valence-corrected chi connectivity index (χ0v) is 17.1. The van der Waals surface area contributed by atoms with Crippen LogP contribution in [0.5, 0.6) is 0 Å². The molecule has 0 aromatic carbocycles. The van der Waals surface area contributed by atoms with Crippen LogP contribution in [0.3, 0.4) is 0 Å². The maximum Gasteiger partial charge on any atom is 0.188 e. The van der Waals surface area contributed by atoms with Crippen LogP contribution in [0.15, 0.2) is 11.6 Å². The lowest BCUT2D eigenvalue weighted by atomic mass is 9.47. The van der Waals surface area contributed by atoms with E-state index >= 15 is 0 Å². The normalized spacial score (nSPS) is 47.6. The zero-order valence-electron chi connectivity index (χ0n) is 16.3. The monoisotopic (exact) mass is 376 g/mol. The van der Waals surface area contributed by atoms with Gasteiger partial charge in [-0.05, 0) is 73.2 Å². The van der Waals surface area contributed by atoms with Gasteiger partial charge in [-0.25, -0.2) is 0 Å². The smallest absolute Gasteiger partial charge is 0.188 e. The molecule has 144 valence electrons. The molecule has 1 N–H and O–H groups in total. The summed E-state index contributed by atoms with van der Waals surface area (Å²) in [6.07, 6.45) is 8.99. The number of rotatable bonds is 2. The number of aliphatic hydroxyl groups is 1. The van der Waals surface area contributed by atoms with Gasteiger partial charge in [-0.15, -0.1) is 0 Å². The predicted molar refractivity (Wildman–Crippen MR) is 105 cm³/mol. The first-order valence-electron chi connectivity index (χ1n) is 10.4. The van der Waals surface area contributed by atoms with Crippen LogP contribution in [0.1, 0.15) is 72.1 Å². The molecule has 0 radical (unpaired) electrons. The van der Waals surface area contributed by atoms with E-state index in [-0.39, 0.29) is 33.1 Å². The number of allylic oxidation sites excluding steroid dienone is 1. The Morgan fingerprint density at radius 3 is 2.73 bits per heavy atom. The number of carbonyl (C=O) groups is 2. The Hall–Kier alpha value is -0.610. The van der Waals surface area contributed by atoms with Crippen LogP contribution in [-0.2, 0) is 9.59 Å². The molecule has 26 heavy (non-hydrogen) atoms. The van der Waals surface area contributed by atoms with Crippen molar-refractivity contribution in [2.24, 2.45) is 28.6 Å². The van der Waals surface area contributed by atoms with Crippen molar-refractivity contribution in [1.29, 1.82) is 0 Å². The minimum atomic E-state index is -0.196. The molecular weight excluding hydrogens is 344 g/mol. The topological polar surface area (TPSA) is 54.4 Å². The Balaban J connectivity index is 1.74. The van der Waals surface area contributed by atoms with E-state index in [1.54, 1.807) is 0 Å². The van der Waals surface area contributed by atoms with Crippen LogP contribution in [0.2, 0.25) is 0 Å². The van der Waals surface area contributed by atoms with Crippen LogP contribution in [-0.4, -0.2) is 27.4 Å². The molecule has 0 amide bonds. The molecule has 4 rings (SSSR count). The van der Waals surface area contributed by atoms with Gasteiger partial charge in [-0.1, -0.05) is 38.1 Å². The average molecular weight is 377 g/mol. The van der Waals surface area contributed by atoms with E-state index in [2.05, 4.69) is 13.8 Å². The number of carbonyl (C=O) groups excluding carboxylic acids is 2. The van der Waals surface area contributed by atoms with Crippen LogP contribution in [0.4, 0.5) is 0 Å². The molecule has 4 aliphatic carbocycles. The van der Waals surface area contributed by atoms with Crippen LogP contribution in [0, 0.1) is 28.6 Å². The van der Waals surface area contributed by atoms with Crippen LogP contribution in [0.25, 0.3) is 0 Å². The van der Waals surface area contributed by atoms with Crippen molar-refractivity contribution in [2.75, 3.05) is 0 Å². The summed E-state index contributed by atoms with van der Waals surface area (Å²) in [5.74, 6) is 1.80. The molecule has 7 atom stereocenters. The first-order chi connectivity index (χ1) is 12.3. The van der Waals surface area contributed by atoms with Gasteiger partial charge in [0.2, 0.25) is 0 Å². The summed E-state index contributed by atoms with van der Waals surface area (Å²) < 4.78 is 0. The summed E-state index contributed by atoms with van der Waals surface area (Å²) in [5.41, 5.74) is 1.43. The number of hydrogen-bond acceptors (Lipinski definition) is 4. The van der Waals surface area contributed by atoms with E-state index in [1.165, 1.54) is 17.3 Å². The fourth-order valence-electron chi connectivity index (χ4n) is 6.84. The summed E-state index contributed by atoms with van der Waals surface area (Å²) in [6.45, 7) is 6.60. The molecule has 3 fully saturated rings. The van der Waals surface area contributed by atoms with E-state index < -0.39 is 0 Å². The minimum Gasteiger partial charge on any atom is -0.393 e. The van der Waals surface area contributed by atoms with Gasteiger partial charge in [0, 0.05) is 18.1 Å². The number of thioether (sulfide) groups is 1. The number of aliphatic hydroxyl groups excluding tert-OH is 1. The van der Waals surface area contributed by atoms with Gasteiger partial charge in [-0.3, -0.25) is 9.59 Å². The van der Waals surface area contributed by atoms with Crippen molar-refractivity contribution in [3.05, 3.63) is 11.6 Å². The fraction of sp³-hybridized carbons (Fsp3) is 0.818. The summed E-state index contributed by atoms with van der Waals surface area (Å²) >= 11 is 1.54. The molecule has 4 heteroatoms. The zero-order chi connectivity index (χ0) is 18.7. The fourth-order valence-corrected chi connectivity index (χ4v) is 8.15. The highest BCUT2D eigenvalue weighted by Gasteiger charge is 2.61. The van der Waals surface area contributed by atoms with Gasteiger partial charge in [0.25, 0.3) is 0 Å². The molecule has 4 aliphatic rings. The molecule has 3 saturated carbocycles. The third-order valence-corrected chi connectivity index (χ3v) is 9.82. The second-order valence-electron chi connectivity index (χ2n) is 9.57. The van der Waals surface area contributed by atoms with Crippen molar-refractivity contribution >= 4 is 22.7 Å². The quantitative estimate of drug-likeness (QED) is 0.769. The van der Waals surface area contributed by atoms with E-state index in [0.29, 0.717) is 30.6 Å². The van der Waals surface area contributed by atoms with E-state index in [0.717, 1.165) is 38.5 Å². The molecule has 0 saturated heterocycles. The molecule has 0 aromatic heterocycles. The van der Waals surface area contributed by atoms with E-state index in [1.807, 2.05) is 13.0 Å². The molecule has 0 spiro atoms. The Morgan fingerprint density at radius 2 is 2.00 bits per heavy atom. The lowest BCUT2D eigenvalue weighted by Gasteiger charge is -2.59. The van der Waals surface area contributed by atoms with Crippen molar-refractivity contribution in [3.63, 3.8) is 0 Å².